The van der Waals surface area contributed by atoms with Gasteiger partial charge in [0, 0.05) is 31.7 Å². The maximum absolute atomic E-state index is 3.80. The Kier molecular flexibility index (Phi) is 6.25. The van der Waals surface area contributed by atoms with Crippen LogP contribution in [0.15, 0.2) is 30.3 Å². The van der Waals surface area contributed by atoms with E-state index in [1.54, 1.807) is 0 Å². The zero-order chi connectivity index (χ0) is 15.2. The van der Waals surface area contributed by atoms with Gasteiger partial charge in [0.2, 0.25) is 0 Å². The molecule has 0 bridgehead atoms. The minimum Gasteiger partial charge on any atom is -0.311 e. The molecule has 1 N–H and O–H groups in total. The number of benzene rings is 1. The van der Waals surface area contributed by atoms with Crippen molar-refractivity contribution in [3.05, 3.63) is 35.9 Å². The summed E-state index contributed by atoms with van der Waals surface area (Å²) in [6, 6.07) is 12.2. The van der Waals surface area contributed by atoms with E-state index in [1.165, 1.54) is 31.5 Å². The summed E-state index contributed by atoms with van der Waals surface area (Å²) in [4.78, 5) is 2.72. The third-order valence-corrected chi connectivity index (χ3v) is 5.20. The molecule has 21 heavy (non-hydrogen) atoms. The molecule has 1 aromatic rings. The van der Waals surface area contributed by atoms with Crippen molar-refractivity contribution in [3.63, 3.8) is 0 Å². The Bertz CT molecular complexity index is 403. The number of hydrogen-bond donors (Lipinski definition) is 1. The van der Waals surface area contributed by atoms with Gasteiger partial charge in [0.25, 0.3) is 0 Å². The maximum Gasteiger partial charge on any atom is 0.0473 e. The fraction of sp³-hybridized carbons (Fsp3) is 0.684. The molecular formula is C19H32N2. The molecule has 1 saturated heterocycles. The number of hydrogen-bond acceptors (Lipinski definition) is 2. The van der Waals surface area contributed by atoms with Crippen LogP contribution < -0.4 is 5.32 Å². The van der Waals surface area contributed by atoms with Gasteiger partial charge in [0.1, 0.15) is 0 Å². The van der Waals surface area contributed by atoms with Crippen molar-refractivity contribution >= 4 is 0 Å². The van der Waals surface area contributed by atoms with Gasteiger partial charge in [-0.15, -0.1) is 0 Å². The molecule has 118 valence electrons. The molecule has 1 aliphatic heterocycles. The van der Waals surface area contributed by atoms with E-state index >= 15 is 0 Å². The highest BCUT2D eigenvalue weighted by molar-refractivity contribution is 5.20. The third kappa shape index (κ3) is 4.31. The standard InChI is InChI=1S/C19H32N2/c1-5-15(3)13-21-14-18(16(4)6-2)20-12-19(21)17-10-8-7-9-11-17/h7-11,15-16,18-20H,5-6,12-14H2,1-4H3. The third-order valence-electron chi connectivity index (χ3n) is 5.20. The van der Waals surface area contributed by atoms with E-state index in [9.17, 15) is 0 Å². The molecule has 2 nitrogen and oxygen atoms in total. The first-order chi connectivity index (χ1) is 10.2. The predicted octanol–water partition coefficient (Wildman–Crippen LogP) is 4.09. The van der Waals surface area contributed by atoms with Crippen LogP contribution in [0.4, 0.5) is 0 Å². The zero-order valence-electron chi connectivity index (χ0n) is 14.2. The van der Waals surface area contributed by atoms with Gasteiger partial charge in [0.05, 0.1) is 0 Å². The Balaban J connectivity index is 2.12. The van der Waals surface area contributed by atoms with E-state index in [0.717, 1.165) is 18.4 Å². The van der Waals surface area contributed by atoms with E-state index in [0.29, 0.717) is 12.1 Å². The summed E-state index contributed by atoms with van der Waals surface area (Å²) in [6.07, 6.45) is 2.52. The van der Waals surface area contributed by atoms with Crippen molar-refractivity contribution in [3.8, 4) is 0 Å². The summed E-state index contributed by atoms with van der Waals surface area (Å²) in [6.45, 7) is 12.8. The minimum atomic E-state index is 0.528. The van der Waals surface area contributed by atoms with Gasteiger partial charge in [-0.25, -0.2) is 0 Å². The SMILES string of the molecule is CCC(C)CN1CC(C(C)CC)NCC1c1ccccc1. The molecule has 1 fully saturated rings. The van der Waals surface area contributed by atoms with Gasteiger partial charge >= 0.3 is 0 Å². The predicted molar refractivity (Wildman–Crippen MR) is 91.5 cm³/mol. The van der Waals surface area contributed by atoms with E-state index < -0.39 is 0 Å². The van der Waals surface area contributed by atoms with Crippen LogP contribution >= 0.6 is 0 Å². The molecule has 2 heteroatoms. The number of nitrogens with zero attached hydrogens (tertiary/aromatic N) is 1. The molecule has 0 amide bonds. The Labute approximate surface area is 130 Å². The van der Waals surface area contributed by atoms with Gasteiger partial charge in [-0.05, 0) is 17.4 Å². The topological polar surface area (TPSA) is 15.3 Å². The van der Waals surface area contributed by atoms with Crippen LogP contribution in [0.5, 0.6) is 0 Å². The van der Waals surface area contributed by atoms with E-state index in [2.05, 4.69) is 68.2 Å². The summed E-state index contributed by atoms with van der Waals surface area (Å²) in [5.74, 6) is 1.52. The molecule has 2 rings (SSSR count). The van der Waals surface area contributed by atoms with Crippen molar-refractivity contribution in [1.82, 2.24) is 10.2 Å². The second-order valence-electron chi connectivity index (χ2n) is 6.79. The fourth-order valence-corrected chi connectivity index (χ4v) is 3.24. The number of piperazine rings is 1. The van der Waals surface area contributed by atoms with E-state index in [-0.39, 0.29) is 0 Å². The molecule has 0 spiro atoms. The lowest BCUT2D eigenvalue weighted by Gasteiger charge is -2.43. The lowest BCUT2D eigenvalue weighted by atomic mass is 9.92. The Morgan fingerprint density at radius 2 is 1.86 bits per heavy atom. The summed E-state index contributed by atoms with van der Waals surface area (Å²) in [7, 11) is 0. The van der Waals surface area contributed by atoms with Crippen LogP contribution in [0.3, 0.4) is 0 Å². The Hall–Kier alpha value is -0.860. The summed E-state index contributed by atoms with van der Waals surface area (Å²) in [5.41, 5.74) is 1.45. The molecule has 1 aliphatic rings. The highest BCUT2D eigenvalue weighted by atomic mass is 15.2. The van der Waals surface area contributed by atoms with Crippen molar-refractivity contribution < 1.29 is 0 Å². The van der Waals surface area contributed by atoms with E-state index in [1.807, 2.05) is 0 Å². The smallest absolute Gasteiger partial charge is 0.0473 e. The molecule has 0 aromatic heterocycles. The molecule has 0 radical (unpaired) electrons. The number of rotatable bonds is 6. The highest BCUT2D eigenvalue weighted by Crippen LogP contribution is 2.27. The second kappa shape index (κ2) is 7.95. The molecule has 0 saturated carbocycles. The normalized spacial score (nSPS) is 26.5. The first kappa shape index (κ1) is 16.5. The molecule has 4 unspecified atom stereocenters. The summed E-state index contributed by atoms with van der Waals surface area (Å²) < 4.78 is 0. The summed E-state index contributed by atoms with van der Waals surface area (Å²) in [5, 5.41) is 3.80. The van der Waals surface area contributed by atoms with Gasteiger partial charge < -0.3 is 5.32 Å². The van der Waals surface area contributed by atoms with Crippen molar-refractivity contribution in [2.45, 2.75) is 52.6 Å². The van der Waals surface area contributed by atoms with Crippen LogP contribution in [-0.2, 0) is 0 Å². The Morgan fingerprint density at radius 1 is 1.14 bits per heavy atom. The second-order valence-corrected chi connectivity index (χ2v) is 6.79. The molecular weight excluding hydrogens is 256 g/mol. The first-order valence-electron chi connectivity index (χ1n) is 8.68. The molecule has 4 atom stereocenters. The van der Waals surface area contributed by atoms with Crippen molar-refractivity contribution in [2.75, 3.05) is 19.6 Å². The minimum absolute atomic E-state index is 0.528. The van der Waals surface area contributed by atoms with Crippen LogP contribution in [0.2, 0.25) is 0 Å². The van der Waals surface area contributed by atoms with Crippen LogP contribution in [0.1, 0.15) is 52.1 Å². The van der Waals surface area contributed by atoms with Crippen LogP contribution in [0.25, 0.3) is 0 Å². The van der Waals surface area contributed by atoms with E-state index in [4.69, 9.17) is 0 Å². The quantitative estimate of drug-likeness (QED) is 0.848. The fourth-order valence-electron chi connectivity index (χ4n) is 3.24. The largest absolute Gasteiger partial charge is 0.311 e. The average molecular weight is 288 g/mol. The average Bonchev–Trinajstić information content (AvgIpc) is 2.54. The van der Waals surface area contributed by atoms with Crippen molar-refractivity contribution in [1.29, 1.82) is 0 Å². The molecule has 1 heterocycles. The van der Waals surface area contributed by atoms with Gasteiger partial charge in [-0.3, -0.25) is 4.90 Å². The molecule has 0 aliphatic carbocycles. The van der Waals surface area contributed by atoms with Crippen molar-refractivity contribution in [2.24, 2.45) is 11.8 Å². The zero-order valence-corrected chi connectivity index (χ0v) is 14.2. The maximum atomic E-state index is 3.80. The first-order valence-corrected chi connectivity index (χ1v) is 8.68. The summed E-state index contributed by atoms with van der Waals surface area (Å²) >= 11 is 0. The lowest BCUT2D eigenvalue weighted by Crippen LogP contribution is -2.55. The van der Waals surface area contributed by atoms with Crippen LogP contribution in [0, 0.1) is 11.8 Å². The van der Waals surface area contributed by atoms with Gasteiger partial charge in [-0.1, -0.05) is 70.9 Å². The monoisotopic (exact) mass is 288 g/mol. The number of nitrogens with one attached hydrogen (secondary N) is 1. The Morgan fingerprint density at radius 3 is 2.48 bits per heavy atom. The van der Waals surface area contributed by atoms with Gasteiger partial charge in [0.15, 0.2) is 0 Å². The van der Waals surface area contributed by atoms with Gasteiger partial charge in [-0.2, -0.15) is 0 Å². The lowest BCUT2D eigenvalue weighted by molar-refractivity contribution is 0.0935. The highest BCUT2D eigenvalue weighted by Gasteiger charge is 2.31. The molecule has 1 aromatic carbocycles. The van der Waals surface area contributed by atoms with Crippen LogP contribution in [-0.4, -0.2) is 30.6 Å².